The van der Waals surface area contributed by atoms with Gasteiger partial charge in [0.25, 0.3) is 5.91 Å². The van der Waals surface area contributed by atoms with E-state index < -0.39 is 23.8 Å². The highest BCUT2D eigenvalue weighted by molar-refractivity contribution is 6.33. The summed E-state index contributed by atoms with van der Waals surface area (Å²) in [5, 5.41) is 2.58. The Hall–Kier alpha value is -2.03. The summed E-state index contributed by atoms with van der Waals surface area (Å²) in [6, 6.07) is 0.848. The number of alkyl halides is 3. The van der Waals surface area contributed by atoms with Crippen LogP contribution in [0, 0.1) is 5.92 Å². The number of hydrogen-bond acceptors (Lipinski definition) is 5. The molecule has 1 aliphatic heterocycles. The zero-order valence-corrected chi connectivity index (χ0v) is 16.4. The Labute approximate surface area is 166 Å². The lowest BCUT2D eigenvalue weighted by molar-refractivity contribution is -0.159. The van der Waals surface area contributed by atoms with Gasteiger partial charge in [-0.3, -0.25) is 9.59 Å². The monoisotopic (exact) mass is 421 g/mol. The maximum absolute atomic E-state index is 12.7. The van der Waals surface area contributed by atoms with Gasteiger partial charge in [-0.25, -0.2) is 4.98 Å². The fourth-order valence-corrected chi connectivity index (χ4v) is 3.15. The van der Waals surface area contributed by atoms with Crippen LogP contribution in [0.3, 0.4) is 0 Å². The van der Waals surface area contributed by atoms with Gasteiger partial charge in [0.1, 0.15) is 5.82 Å². The van der Waals surface area contributed by atoms with E-state index in [-0.39, 0.29) is 22.7 Å². The molecule has 10 heteroatoms. The number of nitrogens with zero attached hydrogens (tertiary/aromatic N) is 2. The maximum Gasteiger partial charge on any atom is 0.417 e. The van der Waals surface area contributed by atoms with E-state index in [1.807, 2.05) is 6.92 Å². The second-order valence-electron chi connectivity index (χ2n) is 6.66. The van der Waals surface area contributed by atoms with Crippen LogP contribution in [-0.2, 0) is 20.5 Å². The second kappa shape index (κ2) is 9.45. The van der Waals surface area contributed by atoms with Gasteiger partial charge in [-0.05, 0) is 32.3 Å². The zero-order valence-electron chi connectivity index (χ0n) is 15.7. The number of carbonyl (C=O) groups excluding carboxylic acids is 2. The number of ether oxygens (including phenoxy) is 1. The summed E-state index contributed by atoms with van der Waals surface area (Å²) in [5.41, 5.74) is -0.907. The van der Waals surface area contributed by atoms with Gasteiger partial charge in [0.05, 0.1) is 16.5 Å². The smallest absolute Gasteiger partial charge is 0.417 e. The summed E-state index contributed by atoms with van der Waals surface area (Å²) in [7, 11) is 0. The molecule has 0 spiro atoms. The number of carbonyl (C=O) groups is 2. The number of esters is 1. The zero-order chi connectivity index (χ0) is 20.9. The number of nitrogens with one attached hydrogen (secondary N) is 1. The molecule has 28 heavy (non-hydrogen) atoms. The van der Waals surface area contributed by atoms with Crippen LogP contribution in [0.2, 0.25) is 5.02 Å². The Morgan fingerprint density at radius 1 is 1.39 bits per heavy atom. The number of piperidine rings is 1. The van der Waals surface area contributed by atoms with E-state index in [1.165, 1.54) is 6.92 Å². The van der Waals surface area contributed by atoms with Gasteiger partial charge in [0.2, 0.25) is 0 Å². The van der Waals surface area contributed by atoms with E-state index >= 15 is 0 Å². The molecule has 0 aliphatic carbocycles. The Bertz CT molecular complexity index is 707. The first-order valence-corrected chi connectivity index (χ1v) is 9.47. The van der Waals surface area contributed by atoms with Gasteiger partial charge in [-0.2, -0.15) is 13.2 Å². The Balaban J connectivity index is 1.90. The van der Waals surface area contributed by atoms with Crippen LogP contribution in [0.15, 0.2) is 12.3 Å². The van der Waals surface area contributed by atoms with Crippen LogP contribution >= 0.6 is 11.6 Å². The summed E-state index contributed by atoms with van der Waals surface area (Å²) >= 11 is 5.97. The topological polar surface area (TPSA) is 71.5 Å². The molecular weight excluding hydrogens is 399 g/mol. The number of hydrogen-bond donors (Lipinski definition) is 1. The number of halogens is 4. The number of anilines is 1. The third kappa shape index (κ3) is 5.73. The molecule has 0 radical (unpaired) electrons. The molecule has 1 aromatic heterocycles. The average Bonchev–Trinajstić information content (AvgIpc) is 2.65. The van der Waals surface area contributed by atoms with Crippen molar-refractivity contribution in [3.63, 3.8) is 0 Å². The molecule has 1 aliphatic rings. The first-order valence-electron chi connectivity index (χ1n) is 9.09. The molecule has 0 aromatic carbocycles. The highest BCUT2D eigenvalue weighted by Crippen LogP contribution is 2.34. The molecule has 1 fully saturated rings. The molecule has 2 rings (SSSR count). The van der Waals surface area contributed by atoms with Crippen LogP contribution in [0.4, 0.5) is 19.0 Å². The van der Waals surface area contributed by atoms with Crippen molar-refractivity contribution in [2.45, 2.75) is 45.4 Å². The molecule has 0 unspecified atom stereocenters. The number of pyridine rings is 1. The van der Waals surface area contributed by atoms with Gasteiger partial charge < -0.3 is 15.0 Å². The normalized spacial score (nSPS) is 16.6. The van der Waals surface area contributed by atoms with Crippen molar-refractivity contribution in [3.8, 4) is 0 Å². The predicted octanol–water partition coefficient (Wildman–Crippen LogP) is 3.43. The first kappa shape index (κ1) is 22.3. The molecule has 1 N–H and O–H groups in total. The van der Waals surface area contributed by atoms with Crippen molar-refractivity contribution in [3.05, 3.63) is 22.8 Å². The Morgan fingerprint density at radius 3 is 2.57 bits per heavy atom. The molecule has 6 nitrogen and oxygen atoms in total. The largest absolute Gasteiger partial charge is 0.452 e. The van der Waals surface area contributed by atoms with Crippen LogP contribution in [0.5, 0.6) is 0 Å². The molecule has 1 aromatic rings. The van der Waals surface area contributed by atoms with E-state index in [1.54, 1.807) is 4.90 Å². The SMILES string of the molecule is CCCNC(=O)[C@H](C)OC(=O)C1CCN(c2ncc(C(F)(F)F)cc2Cl)CC1. The van der Waals surface area contributed by atoms with Gasteiger partial charge in [-0.15, -0.1) is 0 Å². The fourth-order valence-electron chi connectivity index (χ4n) is 2.86. The van der Waals surface area contributed by atoms with Crippen LogP contribution in [-0.4, -0.2) is 42.6 Å². The van der Waals surface area contributed by atoms with E-state index in [2.05, 4.69) is 10.3 Å². The van der Waals surface area contributed by atoms with E-state index in [4.69, 9.17) is 16.3 Å². The third-order valence-corrected chi connectivity index (χ3v) is 4.77. The highest BCUT2D eigenvalue weighted by Gasteiger charge is 2.33. The fraction of sp³-hybridized carbons (Fsp3) is 0.611. The third-order valence-electron chi connectivity index (χ3n) is 4.49. The lowest BCUT2D eigenvalue weighted by Crippen LogP contribution is -2.41. The second-order valence-corrected chi connectivity index (χ2v) is 7.07. The highest BCUT2D eigenvalue weighted by atomic mass is 35.5. The Kier molecular flexibility index (Phi) is 7.51. The summed E-state index contributed by atoms with van der Waals surface area (Å²) in [6.07, 6.45) is -2.99. The maximum atomic E-state index is 12.7. The summed E-state index contributed by atoms with van der Waals surface area (Å²) < 4.78 is 43.4. The Morgan fingerprint density at radius 2 is 2.04 bits per heavy atom. The van der Waals surface area contributed by atoms with Crippen molar-refractivity contribution < 1.29 is 27.5 Å². The molecule has 2 heterocycles. The standard InChI is InChI=1S/C18H23ClF3N3O3/c1-3-6-23-16(26)11(2)28-17(27)12-4-7-25(8-5-12)15-14(19)9-13(10-24-15)18(20,21)22/h9-12H,3-8H2,1-2H3,(H,23,26)/t11-/m0/s1. The molecule has 0 bridgehead atoms. The number of rotatable bonds is 6. The lowest BCUT2D eigenvalue weighted by Gasteiger charge is -2.32. The van der Waals surface area contributed by atoms with Crippen LogP contribution in [0.1, 0.15) is 38.7 Å². The minimum atomic E-state index is -4.51. The van der Waals surface area contributed by atoms with Crippen molar-refractivity contribution >= 4 is 29.3 Å². The van der Waals surface area contributed by atoms with E-state index in [9.17, 15) is 22.8 Å². The van der Waals surface area contributed by atoms with Crippen molar-refractivity contribution in [2.75, 3.05) is 24.5 Å². The van der Waals surface area contributed by atoms with Crippen LogP contribution < -0.4 is 10.2 Å². The number of amides is 1. The summed E-state index contributed by atoms with van der Waals surface area (Å²) in [5.74, 6) is -0.918. The van der Waals surface area contributed by atoms with Crippen molar-refractivity contribution in [1.29, 1.82) is 0 Å². The van der Waals surface area contributed by atoms with Gasteiger partial charge in [-0.1, -0.05) is 18.5 Å². The van der Waals surface area contributed by atoms with Crippen molar-refractivity contribution in [1.82, 2.24) is 10.3 Å². The minimum Gasteiger partial charge on any atom is -0.452 e. The number of aromatic nitrogens is 1. The average molecular weight is 422 g/mol. The molecule has 1 amide bonds. The summed E-state index contributed by atoms with van der Waals surface area (Å²) in [4.78, 5) is 29.6. The molecule has 0 saturated carbocycles. The van der Waals surface area contributed by atoms with Gasteiger partial charge in [0.15, 0.2) is 6.10 Å². The molecule has 1 atom stereocenters. The van der Waals surface area contributed by atoms with Gasteiger partial charge >= 0.3 is 12.1 Å². The van der Waals surface area contributed by atoms with Crippen molar-refractivity contribution in [2.24, 2.45) is 5.92 Å². The van der Waals surface area contributed by atoms with Gasteiger partial charge in [0, 0.05) is 25.8 Å². The minimum absolute atomic E-state index is 0.0860. The lowest BCUT2D eigenvalue weighted by atomic mass is 9.97. The molecular formula is C18H23ClF3N3O3. The molecule has 1 saturated heterocycles. The first-order chi connectivity index (χ1) is 13.1. The van der Waals surface area contributed by atoms with E-state index in [0.29, 0.717) is 32.5 Å². The quantitative estimate of drug-likeness (QED) is 0.712. The molecule has 156 valence electrons. The van der Waals surface area contributed by atoms with E-state index in [0.717, 1.165) is 18.7 Å². The van der Waals surface area contributed by atoms with Crippen LogP contribution in [0.25, 0.3) is 0 Å². The predicted molar refractivity (Wildman–Crippen MR) is 98.0 cm³/mol. The summed E-state index contributed by atoms with van der Waals surface area (Å²) in [6.45, 7) is 4.75.